The maximum Gasteiger partial charge on any atom is 0.271 e. The monoisotopic (exact) mass is 292 g/mol. The zero-order chi connectivity index (χ0) is 13.9. The predicted molar refractivity (Wildman–Crippen MR) is 81.3 cm³/mol. The van der Waals surface area contributed by atoms with Crippen LogP contribution in [0.25, 0.3) is 11.0 Å². The third-order valence-electron chi connectivity index (χ3n) is 3.45. The van der Waals surface area contributed by atoms with E-state index in [0.29, 0.717) is 16.7 Å². The Morgan fingerprint density at radius 1 is 1.50 bits per heavy atom. The molecule has 0 bridgehead atoms. The first kappa shape index (κ1) is 13.2. The minimum absolute atomic E-state index is 0.0792. The fourth-order valence-electron chi connectivity index (χ4n) is 2.37. The summed E-state index contributed by atoms with van der Waals surface area (Å²) in [6.45, 7) is 0.882. The van der Waals surface area contributed by atoms with Crippen molar-refractivity contribution in [2.75, 3.05) is 17.6 Å². The third-order valence-corrected chi connectivity index (χ3v) is 4.85. The van der Waals surface area contributed by atoms with Gasteiger partial charge in [-0.25, -0.2) is 4.98 Å². The van der Waals surface area contributed by atoms with Crippen molar-refractivity contribution in [1.29, 1.82) is 0 Å². The van der Waals surface area contributed by atoms with Gasteiger partial charge in [0, 0.05) is 23.9 Å². The summed E-state index contributed by atoms with van der Waals surface area (Å²) in [4.78, 5) is 17.8. The van der Waals surface area contributed by atoms with Gasteiger partial charge in [0.25, 0.3) is 5.69 Å². The Morgan fingerprint density at radius 3 is 3.15 bits per heavy atom. The second-order valence-electron chi connectivity index (χ2n) is 4.91. The summed E-state index contributed by atoms with van der Waals surface area (Å²) in [5.41, 5.74) is 1.52. The van der Waals surface area contributed by atoms with E-state index in [1.807, 2.05) is 11.8 Å². The van der Waals surface area contributed by atoms with Gasteiger partial charge >= 0.3 is 0 Å². The molecule has 6 nitrogen and oxygen atoms in total. The molecular formula is C13H16N4O2S. The molecule has 1 aromatic carbocycles. The van der Waals surface area contributed by atoms with E-state index in [2.05, 4.69) is 15.3 Å². The molecule has 106 valence electrons. The molecular weight excluding hydrogens is 276 g/mol. The van der Waals surface area contributed by atoms with Gasteiger partial charge in [0.15, 0.2) is 0 Å². The SMILES string of the molecule is O=[N+]([O-])c1ccc2nc(NCC3CCCCS3)[nH]c2c1. The number of aromatic nitrogens is 2. The molecule has 1 fully saturated rings. The van der Waals surface area contributed by atoms with Gasteiger partial charge in [-0.1, -0.05) is 6.42 Å². The van der Waals surface area contributed by atoms with Gasteiger partial charge in [0.1, 0.15) is 0 Å². The smallest absolute Gasteiger partial charge is 0.271 e. The van der Waals surface area contributed by atoms with Crippen molar-refractivity contribution in [3.8, 4) is 0 Å². The summed E-state index contributed by atoms with van der Waals surface area (Å²) < 4.78 is 0. The van der Waals surface area contributed by atoms with Crippen LogP contribution in [0.2, 0.25) is 0 Å². The fourth-order valence-corrected chi connectivity index (χ4v) is 3.61. The van der Waals surface area contributed by atoms with Crippen molar-refractivity contribution in [2.24, 2.45) is 0 Å². The van der Waals surface area contributed by atoms with Gasteiger partial charge < -0.3 is 10.3 Å². The number of H-pyrrole nitrogens is 1. The topological polar surface area (TPSA) is 83.8 Å². The highest BCUT2D eigenvalue weighted by molar-refractivity contribution is 7.99. The number of nitro benzene ring substituents is 1. The van der Waals surface area contributed by atoms with Gasteiger partial charge in [-0.2, -0.15) is 11.8 Å². The lowest BCUT2D eigenvalue weighted by atomic mass is 10.2. The summed E-state index contributed by atoms with van der Waals surface area (Å²) in [6, 6.07) is 4.66. The Kier molecular flexibility index (Phi) is 3.77. The van der Waals surface area contributed by atoms with Gasteiger partial charge in [-0.05, 0) is 24.7 Å². The Bertz CT molecular complexity index is 622. The second kappa shape index (κ2) is 5.70. The normalized spacial score (nSPS) is 19.1. The molecule has 1 atom stereocenters. The minimum atomic E-state index is -0.397. The van der Waals surface area contributed by atoms with E-state index in [0.717, 1.165) is 12.1 Å². The zero-order valence-electron chi connectivity index (χ0n) is 11.0. The number of anilines is 1. The van der Waals surface area contributed by atoms with Crippen LogP contribution in [0.5, 0.6) is 0 Å². The maximum atomic E-state index is 10.7. The summed E-state index contributed by atoms with van der Waals surface area (Å²) >= 11 is 2.00. The molecule has 1 aromatic heterocycles. The highest BCUT2D eigenvalue weighted by Crippen LogP contribution is 2.25. The van der Waals surface area contributed by atoms with E-state index in [4.69, 9.17) is 0 Å². The number of rotatable bonds is 4. The highest BCUT2D eigenvalue weighted by Gasteiger charge is 2.14. The first-order valence-electron chi connectivity index (χ1n) is 6.72. The first-order valence-corrected chi connectivity index (χ1v) is 7.77. The lowest BCUT2D eigenvalue weighted by Gasteiger charge is -2.21. The van der Waals surface area contributed by atoms with Crippen LogP contribution in [0.1, 0.15) is 19.3 Å². The number of hydrogen-bond donors (Lipinski definition) is 2. The Morgan fingerprint density at radius 2 is 2.40 bits per heavy atom. The second-order valence-corrected chi connectivity index (χ2v) is 6.32. The summed E-state index contributed by atoms with van der Waals surface area (Å²) in [5.74, 6) is 1.92. The minimum Gasteiger partial charge on any atom is -0.355 e. The van der Waals surface area contributed by atoms with Gasteiger partial charge in [0.05, 0.1) is 16.0 Å². The number of non-ortho nitro benzene ring substituents is 1. The number of imidazole rings is 1. The van der Waals surface area contributed by atoms with Gasteiger partial charge in [-0.3, -0.25) is 10.1 Å². The molecule has 1 unspecified atom stereocenters. The number of nitro groups is 1. The van der Waals surface area contributed by atoms with Crippen molar-refractivity contribution in [3.63, 3.8) is 0 Å². The number of hydrogen-bond acceptors (Lipinski definition) is 5. The van der Waals surface area contributed by atoms with Crippen molar-refractivity contribution < 1.29 is 4.92 Å². The van der Waals surface area contributed by atoms with Crippen LogP contribution < -0.4 is 5.32 Å². The van der Waals surface area contributed by atoms with E-state index in [-0.39, 0.29) is 5.69 Å². The molecule has 0 amide bonds. The number of nitrogens with one attached hydrogen (secondary N) is 2. The molecule has 2 N–H and O–H groups in total. The van der Waals surface area contributed by atoms with E-state index >= 15 is 0 Å². The van der Waals surface area contributed by atoms with Crippen molar-refractivity contribution in [2.45, 2.75) is 24.5 Å². The molecule has 20 heavy (non-hydrogen) atoms. The molecule has 0 saturated carbocycles. The molecule has 2 heterocycles. The largest absolute Gasteiger partial charge is 0.355 e. The van der Waals surface area contributed by atoms with Crippen LogP contribution in [0.4, 0.5) is 11.6 Å². The molecule has 0 aliphatic carbocycles. The van der Waals surface area contributed by atoms with Crippen LogP contribution in [0.3, 0.4) is 0 Å². The Hall–Kier alpha value is -1.76. The fraction of sp³-hybridized carbons (Fsp3) is 0.462. The lowest BCUT2D eigenvalue weighted by Crippen LogP contribution is -2.20. The third kappa shape index (κ3) is 2.87. The van der Waals surface area contributed by atoms with E-state index in [9.17, 15) is 10.1 Å². The van der Waals surface area contributed by atoms with E-state index in [1.165, 1.54) is 37.1 Å². The lowest BCUT2D eigenvalue weighted by molar-refractivity contribution is -0.384. The summed E-state index contributed by atoms with van der Waals surface area (Å²) in [7, 11) is 0. The van der Waals surface area contributed by atoms with Gasteiger partial charge in [-0.15, -0.1) is 0 Å². The number of aromatic amines is 1. The summed E-state index contributed by atoms with van der Waals surface area (Å²) in [6.07, 6.45) is 3.85. The van der Waals surface area contributed by atoms with Crippen LogP contribution in [0, 0.1) is 10.1 Å². The average molecular weight is 292 g/mol. The number of fused-ring (bicyclic) bond motifs is 1. The number of nitrogens with zero attached hydrogens (tertiary/aromatic N) is 2. The Labute approximate surface area is 120 Å². The van der Waals surface area contributed by atoms with Crippen LogP contribution in [-0.4, -0.2) is 32.4 Å². The number of benzene rings is 1. The van der Waals surface area contributed by atoms with Crippen LogP contribution in [-0.2, 0) is 0 Å². The average Bonchev–Trinajstić information content (AvgIpc) is 2.88. The molecule has 1 aliphatic rings. The summed E-state index contributed by atoms with van der Waals surface area (Å²) in [5, 5.41) is 14.7. The maximum absolute atomic E-state index is 10.7. The van der Waals surface area contributed by atoms with Crippen LogP contribution in [0.15, 0.2) is 18.2 Å². The molecule has 2 aromatic rings. The predicted octanol–water partition coefficient (Wildman–Crippen LogP) is 3.17. The molecule has 0 radical (unpaired) electrons. The number of thioether (sulfide) groups is 1. The molecule has 0 spiro atoms. The van der Waals surface area contributed by atoms with Crippen LogP contribution >= 0.6 is 11.8 Å². The van der Waals surface area contributed by atoms with E-state index in [1.54, 1.807) is 6.07 Å². The molecule has 1 saturated heterocycles. The molecule has 7 heteroatoms. The first-order chi connectivity index (χ1) is 9.72. The molecule has 1 aliphatic heterocycles. The molecule has 3 rings (SSSR count). The quantitative estimate of drug-likeness (QED) is 0.668. The zero-order valence-corrected chi connectivity index (χ0v) is 11.8. The van der Waals surface area contributed by atoms with E-state index < -0.39 is 4.92 Å². The Balaban J connectivity index is 1.70. The van der Waals surface area contributed by atoms with Crippen molar-refractivity contribution in [1.82, 2.24) is 9.97 Å². The van der Waals surface area contributed by atoms with Crippen molar-refractivity contribution in [3.05, 3.63) is 28.3 Å². The highest BCUT2D eigenvalue weighted by atomic mass is 32.2. The standard InChI is InChI=1S/C13H16N4O2S/c18-17(19)9-4-5-11-12(7-9)16-13(15-11)14-8-10-3-1-2-6-20-10/h4-5,7,10H,1-3,6,8H2,(H2,14,15,16). The van der Waals surface area contributed by atoms with Gasteiger partial charge in [0.2, 0.25) is 5.95 Å². The van der Waals surface area contributed by atoms with Crippen molar-refractivity contribution >= 4 is 34.4 Å².